The minimum Gasteiger partial charge on any atom is -0.493 e. The quantitative estimate of drug-likeness (QED) is 0.803. The van der Waals surface area contributed by atoms with Gasteiger partial charge in [0, 0.05) is 0 Å². The Hall–Kier alpha value is -1.89. The molecule has 1 rings (SSSR count). The minimum absolute atomic E-state index is 0.116. The molecule has 0 bridgehead atoms. The highest BCUT2D eigenvalue weighted by Gasteiger charge is 2.17. The van der Waals surface area contributed by atoms with Crippen molar-refractivity contribution in [2.75, 3.05) is 7.11 Å². The Balaban J connectivity index is 3.08. The summed E-state index contributed by atoms with van der Waals surface area (Å²) < 4.78 is 33.3. The van der Waals surface area contributed by atoms with Gasteiger partial charge in [-0.05, 0) is 17.7 Å². The molecule has 0 aliphatic rings. The fraction of sp³-hybridized carbons (Fsp3) is 0.300. The van der Waals surface area contributed by atoms with Gasteiger partial charge in [-0.1, -0.05) is 6.07 Å². The molecule has 0 heterocycles. The molecule has 0 aliphatic heterocycles. The Labute approximate surface area is 96.3 Å². The van der Waals surface area contributed by atoms with Crippen molar-refractivity contribution in [2.24, 2.45) is 11.5 Å². The van der Waals surface area contributed by atoms with Crippen molar-refractivity contribution in [1.29, 1.82) is 0 Å². The molecule has 5 nitrogen and oxygen atoms in total. The van der Waals surface area contributed by atoms with Gasteiger partial charge in [-0.15, -0.1) is 0 Å². The zero-order chi connectivity index (χ0) is 13.0. The van der Waals surface area contributed by atoms with Gasteiger partial charge in [-0.25, -0.2) is 0 Å². The first kappa shape index (κ1) is 13.2. The molecule has 1 aromatic rings. The van der Waals surface area contributed by atoms with Gasteiger partial charge in [0.25, 0.3) is 0 Å². The summed E-state index contributed by atoms with van der Waals surface area (Å²) in [6.07, 6.45) is 0. The first-order valence-corrected chi connectivity index (χ1v) is 4.63. The lowest BCUT2D eigenvalue weighted by molar-refractivity contribution is -0.119. The predicted octanol–water partition coefficient (Wildman–Crippen LogP) is 0.782. The van der Waals surface area contributed by atoms with Crippen LogP contribution in [0.2, 0.25) is 0 Å². The number of nitrogens with two attached hydrogens (primary N) is 2. The summed E-state index contributed by atoms with van der Waals surface area (Å²) in [5, 5.41) is 0. The van der Waals surface area contributed by atoms with Crippen LogP contribution >= 0.6 is 0 Å². The molecule has 94 valence electrons. The summed E-state index contributed by atoms with van der Waals surface area (Å²) in [6.45, 7) is -3.00. The number of carbonyl (C=O) groups excluding carboxylic acids is 1. The van der Waals surface area contributed by atoms with Crippen molar-refractivity contribution in [1.82, 2.24) is 0 Å². The van der Waals surface area contributed by atoms with Crippen LogP contribution in [0.25, 0.3) is 0 Å². The topological polar surface area (TPSA) is 87.6 Å². The summed E-state index contributed by atoms with van der Waals surface area (Å²) in [4.78, 5) is 10.9. The number of primary amides is 1. The molecule has 1 atom stereocenters. The number of rotatable bonds is 5. The Morgan fingerprint density at radius 2 is 2.00 bits per heavy atom. The molecule has 0 aromatic heterocycles. The lowest BCUT2D eigenvalue weighted by Gasteiger charge is -2.13. The summed E-state index contributed by atoms with van der Waals surface area (Å²) in [5.41, 5.74) is 10.7. The van der Waals surface area contributed by atoms with E-state index in [-0.39, 0.29) is 17.1 Å². The van der Waals surface area contributed by atoms with Crippen LogP contribution in [0.15, 0.2) is 18.2 Å². The van der Waals surface area contributed by atoms with Crippen LogP contribution in [0, 0.1) is 0 Å². The van der Waals surface area contributed by atoms with Gasteiger partial charge in [0.2, 0.25) is 5.91 Å². The summed E-state index contributed by atoms with van der Waals surface area (Å²) in [5.74, 6) is -0.847. The van der Waals surface area contributed by atoms with Gasteiger partial charge in [-0.3, -0.25) is 4.79 Å². The summed E-state index contributed by atoms with van der Waals surface area (Å²) in [7, 11) is 1.31. The van der Waals surface area contributed by atoms with Crippen molar-refractivity contribution in [3.8, 4) is 11.5 Å². The third-order valence-corrected chi connectivity index (χ3v) is 2.07. The maximum absolute atomic E-state index is 12.1. The van der Waals surface area contributed by atoms with Crippen LogP contribution in [0.5, 0.6) is 11.5 Å². The smallest absolute Gasteiger partial charge is 0.387 e. The van der Waals surface area contributed by atoms with E-state index in [9.17, 15) is 13.6 Å². The van der Waals surface area contributed by atoms with Crippen molar-refractivity contribution in [3.05, 3.63) is 23.8 Å². The number of ether oxygens (including phenoxy) is 2. The fourth-order valence-corrected chi connectivity index (χ4v) is 1.24. The largest absolute Gasteiger partial charge is 0.493 e. The molecule has 0 radical (unpaired) electrons. The molecule has 1 amide bonds. The molecule has 7 heteroatoms. The van der Waals surface area contributed by atoms with Crippen molar-refractivity contribution in [3.63, 3.8) is 0 Å². The van der Waals surface area contributed by atoms with E-state index in [1.807, 2.05) is 0 Å². The van der Waals surface area contributed by atoms with E-state index in [2.05, 4.69) is 4.74 Å². The van der Waals surface area contributed by atoms with Crippen LogP contribution in [0.1, 0.15) is 11.6 Å². The first-order valence-electron chi connectivity index (χ1n) is 4.63. The van der Waals surface area contributed by atoms with Gasteiger partial charge in [0.1, 0.15) is 6.04 Å². The number of methoxy groups -OCH3 is 1. The molecule has 4 N–H and O–H groups in total. The van der Waals surface area contributed by atoms with Crippen LogP contribution < -0.4 is 20.9 Å². The molecular formula is C10H12F2N2O3. The van der Waals surface area contributed by atoms with E-state index in [4.69, 9.17) is 16.2 Å². The van der Waals surface area contributed by atoms with Gasteiger partial charge in [-0.2, -0.15) is 8.78 Å². The Bertz CT molecular complexity index is 413. The van der Waals surface area contributed by atoms with Crippen LogP contribution in [0.4, 0.5) is 8.78 Å². The summed E-state index contributed by atoms with van der Waals surface area (Å²) in [6, 6.07) is 2.93. The van der Waals surface area contributed by atoms with Gasteiger partial charge in [0.15, 0.2) is 11.5 Å². The van der Waals surface area contributed by atoms with E-state index < -0.39 is 18.6 Å². The van der Waals surface area contributed by atoms with E-state index >= 15 is 0 Å². The molecule has 1 unspecified atom stereocenters. The molecular weight excluding hydrogens is 234 g/mol. The highest BCUT2D eigenvalue weighted by atomic mass is 19.3. The Morgan fingerprint density at radius 3 is 2.47 bits per heavy atom. The second-order valence-electron chi connectivity index (χ2n) is 3.17. The van der Waals surface area contributed by atoms with Crippen molar-refractivity contribution in [2.45, 2.75) is 12.7 Å². The molecule has 17 heavy (non-hydrogen) atoms. The number of hydrogen-bond donors (Lipinski definition) is 2. The maximum atomic E-state index is 12.1. The third kappa shape index (κ3) is 3.28. The molecule has 1 aromatic carbocycles. The van der Waals surface area contributed by atoms with Crippen molar-refractivity contribution >= 4 is 5.91 Å². The maximum Gasteiger partial charge on any atom is 0.387 e. The van der Waals surface area contributed by atoms with Gasteiger partial charge < -0.3 is 20.9 Å². The minimum atomic E-state index is -3.00. The lowest BCUT2D eigenvalue weighted by Crippen LogP contribution is -2.28. The SMILES string of the molecule is COc1ccc(C(N)C(N)=O)cc1OC(F)F. The van der Waals surface area contributed by atoms with Crippen LogP contribution in [-0.4, -0.2) is 19.6 Å². The van der Waals surface area contributed by atoms with Gasteiger partial charge in [0.05, 0.1) is 7.11 Å². The predicted molar refractivity (Wildman–Crippen MR) is 55.7 cm³/mol. The highest BCUT2D eigenvalue weighted by molar-refractivity contribution is 5.81. The monoisotopic (exact) mass is 246 g/mol. The Kier molecular flexibility index (Phi) is 4.22. The molecule has 0 saturated carbocycles. The number of halogens is 2. The van der Waals surface area contributed by atoms with E-state index in [0.717, 1.165) is 0 Å². The number of alkyl halides is 2. The number of hydrogen-bond acceptors (Lipinski definition) is 4. The van der Waals surface area contributed by atoms with Crippen molar-refractivity contribution < 1.29 is 23.0 Å². The lowest BCUT2D eigenvalue weighted by atomic mass is 10.1. The molecule has 0 fully saturated rings. The number of benzene rings is 1. The third-order valence-electron chi connectivity index (χ3n) is 2.07. The fourth-order valence-electron chi connectivity index (χ4n) is 1.24. The van der Waals surface area contributed by atoms with Gasteiger partial charge >= 0.3 is 6.61 Å². The van der Waals surface area contributed by atoms with Crippen LogP contribution in [-0.2, 0) is 4.79 Å². The zero-order valence-corrected chi connectivity index (χ0v) is 9.02. The normalized spacial score (nSPS) is 12.3. The second-order valence-corrected chi connectivity index (χ2v) is 3.17. The standard InChI is InChI=1S/C10H12F2N2O3/c1-16-6-3-2-5(8(13)9(14)15)4-7(6)17-10(11)12/h2-4,8,10H,13H2,1H3,(H2,14,15). The second kappa shape index (κ2) is 5.44. The van der Waals surface area contributed by atoms with Crippen LogP contribution in [0.3, 0.4) is 0 Å². The number of amides is 1. The zero-order valence-electron chi connectivity index (χ0n) is 9.02. The molecule has 0 saturated heterocycles. The van der Waals surface area contributed by atoms with E-state index in [0.29, 0.717) is 0 Å². The average Bonchev–Trinajstić information content (AvgIpc) is 2.27. The van der Waals surface area contributed by atoms with E-state index in [1.165, 1.54) is 25.3 Å². The number of carbonyl (C=O) groups is 1. The first-order chi connectivity index (χ1) is 7.95. The molecule has 0 spiro atoms. The summed E-state index contributed by atoms with van der Waals surface area (Å²) >= 11 is 0. The van der Waals surface area contributed by atoms with E-state index in [1.54, 1.807) is 0 Å². The highest BCUT2D eigenvalue weighted by Crippen LogP contribution is 2.30. The Morgan fingerprint density at radius 1 is 1.35 bits per heavy atom. The molecule has 0 aliphatic carbocycles. The average molecular weight is 246 g/mol.